The molecule has 1 aliphatic carbocycles. The van der Waals surface area contributed by atoms with E-state index in [0.717, 1.165) is 11.1 Å². The molecule has 0 radical (unpaired) electrons. The van der Waals surface area contributed by atoms with Crippen LogP contribution in [0.15, 0.2) is 47.8 Å². The third-order valence-electron chi connectivity index (χ3n) is 2.39. The summed E-state index contributed by atoms with van der Waals surface area (Å²) >= 11 is 13.0. The molecule has 19 heavy (non-hydrogen) atoms. The maximum Gasteiger partial charge on any atom is 0.206 e. The summed E-state index contributed by atoms with van der Waals surface area (Å²) in [6, 6.07) is 3.60. The first-order valence-corrected chi connectivity index (χ1v) is 8.24. The number of hydrogen-bond acceptors (Lipinski definition) is 2. The van der Waals surface area contributed by atoms with Gasteiger partial charge in [0.15, 0.2) is 0 Å². The number of benzene rings is 1. The van der Waals surface area contributed by atoms with E-state index in [1.807, 2.05) is 6.08 Å². The SMILES string of the molecule is O=C1C(Br)=CC(=Cc2cc(Br)c(O)c(Br)c2)C=C1Br. The molecule has 0 saturated carbocycles. The van der Waals surface area contributed by atoms with Crippen LogP contribution in [0.1, 0.15) is 5.56 Å². The van der Waals surface area contributed by atoms with Gasteiger partial charge in [0.1, 0.15) is 5.75 Å². The van der Waals surface area contributed by atoms with Crippen molar-refractivity contribution in [1.82, 2.24) is 0 Å². The second-order valence-electron chi connectivity index (χ2n) is 3.79. The van der Waals surface area contributed by atoms with Gasteiger partial charge in [-0.3, -0.25) is 4.79 Å². The van der Waals surface area contributed by atoms with Crippen molar-refractivity contribution in [3.8, 4) is 5.75 Å². The zero-order chi connectivity index (χ0) is 14.2. The summed E-state index contributed by atoms with van der Waals surface area (Å²) in [6.07, 6.45) is 5.41. The number of allylic oxidation sites excluding steroid dienone is 5. The van der Waals surface area contributed by atoms with Crippen LogP contribution in [0.2, 0.25) is 0 Å². The number of carbonyl (C=O) groups is 1. The van der Waals surface area contributed by atoms with Crippen molar-refractivity contribution in [3.63, 3.8) is 0 Å². The topological polar surface area (TPSA) is 37.3 Å². The average molecular weight is 514 g/mol. The first kappa shape index (κ1) is 15.2. The van der Waals surface area contributed by atoms with Gasteiger partial charge in [-0.15, -0.1) is 0 Å². The fourth-order valence-corrected chi connectivity index (χ4v) is 3.97. The molecule has 0 saturated heterocycles. The van der Waals surface area contributed by atoms with Crippen LogP contribution in [-0.2, 0) is 4.79 Å². The van der Waals surface area contributed by atoms with Crippen LogP contribution in [0.25, 0.3) is 6.08 Å². The number of ketones is 1. The van der Waals surface area contributed by atoms with Crippen LogP contribution in [0.5, 0.6) is 5.75 Å². The summed E-state index contributed by atoms with van der Waals surface area (Å²) in [7, 11) is 0. The molecule has 0 heterocycles. The molecule has 0 unspecified atom stereocenters. The Bertz CT molecular complexity index is 610. The zero-order valence-electron chi connectivity index (χ0n) is 9.25. The highest BCUT2D eigenvalue weighted by molar-refractivity contribution is 9.13. The Morgan fingerprint density at radius 1 is 0.947 bits per heavy atom. The maximum absolute atomic E-state index is 11.6. The predicted molar refractivity (Wildman–Crippen MR) is 90.5 cm³/mol. The summed E-state index contributed by atoms with van der Waals surface area (Å²) < 4.78 is 2.22. The standard InChI is InChI=1S/C13H6Br4O2/c14-8-2-6(3-9(15)12(8)18)1-7-4-10(16)13(19)11(17)5-7/h1-5,18H. The van der Waals surface area contributed by atoms with Crippen molar-refractivity contribution >= 4 is 75.6 Å². The van der Waals surface area contributed by atoms with Crippen molar-refractivity contribution in [2.45, 2.75) is 0 Å². The minimum Gasteiger partial charge on any atom is -0.506 e. The smallest absolute Gasteiger partial charge is 0.206 e. The summed E-state index contributed by atoms with van der Waals surface area (Å²) in [5.74, 6) is 0.0830. The van der Waals surface area contributed by atoms with Gasteiger partial charge in [0.25, 0.3) is 0 Å². The van der Waals surface area contributed by atoms with E-state index >= 15 is 0 Å². The number of rotatable bonds is 1. The van der Waals surface area contributed by atoms with Gasteiger partial charge in [-0.2, -0.15) is 0 Å². The van der Waals surface area contributed by atoms with Crippen molar-refractivity contribution in [3.05, 3.63) is 53.3 Å². The molecule has 0 fully saturated rings. The van der Waals surface area contributed by atoms with Crippen LogP contribution in [0, 0.1) is 0 Å². The van der Waals surface area contributed by atoms with Crippen molar-refractivity contribution in [1.29, 1.82) is 0 Å². The fraction of sp³-hybridized carbons (Fsp3) is 0. The van der Waals surface area contributed by atoms with Crippen LogP contribution in [0.3, 0.4) is 0 Å². The molecular weight excluding hydrogens is 508 g/mol. The average Bonchev–Trinajstić information content (AvgIpc) is 2.33. The number of aromatic hydroxyl groups is 1. The quantitative estimate of drug-likeness (QED) is 0.543. The van der Waals surface area contributed by atoms with Crippen LogP contribution >= 0.6 is 63.7 Å². The van der Waals surface area contributed by atoms with Gasteiger partial charge in [-0.05, 0) is 105 Å². The molecule has 0 spiro atoms. The van der Waals surface area contributed by atoms with Crippen molar-refractivity contribution in [2.24, 2.45) is 0 Å². The Labute approximate surface area is 143 Å². The summed E-state index contributed by atoms with van der Waals surface area (Å²) in [5, 5.41) is 9.66. The Morgan fingerprint density at radius 2 is 1.42 bits per heavy atom. The van der Waals surface area contributed by atoms with Crippen LogP contribution < -0.4 is 0 Å². The molecule has 1 aromatic carbocycles. The van der Waals surface area contributed by atoms with Gasteiger partial charge in [0.2, 0.25) is 5.78 Å². The lowest BCUT2D eigenvalue weighted by Crippen LogP contribution is -2.01. The summed E-state index contributed by atoms with van der Waals surface area (Å²) in [6.45, 7) is 0. The van der Waals surface area contributed by atoms with E-state index in [1.54, 1.807) is 24.3 Å². The normalized spacial score (nSPS) is 15.2. The summed E-state index contributed by atoms with van der Waals surface area (Å²) in [4.78, 5) is 11.6. The molecule has 6 heteroatoms. The van der Waals surface area contributed by atoms with E-state index in [2.05, 4.69) is 63.7 Å². The highest BCUT2D eigenvalue weighted by Gasteiger charge is 2.15. The third-order valence-corrected chi connectivity index (χ3v) is 4.78. The maximum atomic E-state index is 11.6. The van der Waals surface area contributed by atoms with Gasteiger partial charge in [0, 0.05) is 0 Å². The highest BCUT2D eigenvalue weighted by atomic mass is 79.9. The zero-order valence-corrected chi connectivity index (χ0v) is 15.6. The fourth-order valence-electron chi connectivity index (χ4n) is 1.52. The van der Waals surface area contributed by atoms with E-state index in [1.165, 1.54) is 0 Å². The minimum absolute atomic E-state index is 0.0785. The molecule has 98 valence electrons. The Kier molecular flexibility index (Phi) is 4.87. The van der Waals surface area contributed by atoms with Gasteiger partial charge in [0.05, 0.1) is 17.9 Å². The lowest BCUT2D eigenvalue weighted by Gasteiger charge is -2.08. The molecule has 0 amide bonds. The Hall–Kier alpha value is -0.170. The van der Waals surface area contributed by atoms with Crippen molar-refractivity contribution < 1.29 is 9.90 Å². The molecule has 0 atom stereocenters. The van der Waals surface area contributed by atoms with Gasteiger partial charge < -0.3 is 5.11 Å². The number of carbonyl (C=O) groups excluding carboxylic acids is 1. The number of phenolic OH excluding ortho intramolecular Hbond substituents is 1. The molecule has 2 nitrogen and oxygen atoms in total. The molecular formula is C13H6Br4O2. The van der Waals surface area contributed by atoms with Gasteiger partial charge in [-0.1, -0.05) is 0 Å². The second-order valence-corrected chi connectivity index (χ2v) is 7.21. The first-order valence-electron chi connectivity index (χ1n) is 5.07. The van der Waals surface area contributed by atoms with E-state index in [9.17, 15) is 9.90 Å². The molecule has 0 aliphatic heterocycles. The molecule has 1 aromatic rings. The Balaban J connectivity index is 2.45. The van der Waals surface area contributed by atoms with E-state index in [-0.39, 0.29) is 11.5 Å². The number of halogens is 4. The second kappa shape index (κ2) is 6.08. The molecule has 0 aromatic heterocycles. The number of Topliss-reactive ketones (excluding diaryl/α,β-unsaturated/α-hetero) is 1. The lowest BCUT2D eigenvalue weighted by atomic mass is 10.1. The minimum atomic E-state index is -0.0785. The van der Waals surface area contributed by atoms with E-state index in [0.29, 0.717) is 17.9 Å². The summed E-state index contributed by atoms with van der Waals surface area (Å²) in [5.41, 5.74) is 1.77. The van der Waals surface area contributed by atoms with Crippen LogP contribution in [-0.4, -0.2) is 10.9 Å². The van der Waals surface area contributed by atoms with E-state index < -0.39 is 0 Å². The monoisotopic (exact) mass is 510 g/mol. The molecule has 2 rings (SSSR count). The Morgan fingerprint density at radius 3 is 1.89 bits per heavy atom. The van der Waals surface area contributed by atoms with Crippen molar-refractivity contribution in [2.75, 3.05) is 0 Å². The molecule has 1 aliphatic rings. The van der Waals surface area contributed by atoms with Gasteiger partial charge >= 0.3 is 0 Å². The largest absolute Gasteiger partial charge is 0.506 e. The lowest BCUT2D eigenvalue weighted by molar-refractivity contribution is -0.110. The van der Waals surface area contributed by atoms with Gasteiger partial charge in [-0.25, -0.2) is 0 Å². The predicted octanol–water partition coefficient (Wildman–Crippen LogP) is 5.44. The highest BCUT2D eigenvalue weighted by Crippen LogP contribution is 2.35. The molecule has 0 bridgehead atoms. The third kappa shape index (κ3) is 3.48. The first-order chi connectivity index (χ1) is 8.88. The molecule has 1 N–H and O–H groups in total. The number of hydrogen-bond donors (Lipinski definition) is 1. The van der Waals surface area contributed by atoms with Crippen LogP contribution in [0.4, 0.5) is 0 Å². The van der Waals surface area contributed by atoms with E-state index in [4.69, 9.17) is 0 Å². The number of phenols is 1.